The number of para-hydroxylation sites is 2. The lowest BCUT2D eigenvalue weighted by Gasteiger charge is -2.35. The van der Waals surface area contributed by atoms with Crippen LogP contribution in [0.3, 0.4) is 0 Å². The van der Waals surface area contributed by atoms with E-state index >= 15 is 0 Å². The molecule has 0 aliphatic rings. The molecule has 11 aromatic rings. The highest BCUT2D eigenvalue weighted by Crippen LogP contribution is 2.39. The lowest BCUT2D eigenvalue weighted by atomic mass is 10.00. The van der Waals surface area contributed by atoms with Crippen molar-refractivity contribution in [3.05, 3.63) is 261 Å². The van der Waals surface area contributed by atoms with Crippen LogP contribution >= 0.6 is 0 Å². The van der Waals surface area contributed by atoms with Crippen LogP contribution in [0, 0.1) is 0 Å². The van der Waals surface area contributed by atoms with Crippen LogP contribution in [0.5, 0.6) is 0 Å². The molecule has 0 fully saturated rings. The summed E-state index contributed by atoms with van der Waals surface area (Å²) in [6.45, 7) is 0. The van der Waals surface area contributed by atoms with Crippen molar-refractivity contribution in [1.29, 1.82) is 0 Å². The maximum Gasteiger partial charge on any atom is 0.179 e. The predicted octanol–water partition coefficient (Wildman–Crippen LogP) is 13.4. The maximum absolute atomic E-state index is 6.46. The molecular formula is C60H43NOSi. The summed E-state index contributed by atoms with van der Waals surface area (Å²) in [7, 11) is -2.69. The third-order valence-electron chi connectivity index (χ3n) is 12.5. The van der Waals surface area contributed by atoms with Gasteiger partial charge in [0.2, 0.25) is 0 Å². The summed E-state index contributed by atoms with van der Waals surface area (Å²) in [4.78, 5) is 2.37. The van der Waals surface area contributed by atoms with Crippen LogP contribution in [0.15, 0.2) is 265 Å². The number of nitrogens with zero attached hydrogens (tertiary/aromatic N) is 1. The van der Waals surface area contributed by atoms with E-state index in [1.165, 1.54) is 43.0 Å². The summed E-state index contributed by atoms with van der Waals surface area (Å²) < 4.78 is 6.46. The van der Waals surface area contributed by atoms with Gasteiger partial charge in [0.1, 0.15) is 11.2 Å². The van der Waals surface area contributed by atoms with Gasteiger partial charge in [-0.25, -0.2) is 0 Å². The molecule has 0 aliphatic heterocycles. The van der Waals surface area contributed by atoms with Crippen LogP contribution in [0.1, 0.15) is 0 Å². The van der Waals surface area contributed by atoms with Crippen LogP contribution < -0.4 is 25.6 Å². The standard InChI is InChI=1S/C60H43NOSi/c1-5-16-44(17-6-1)45-28-30-46(31-29-45)47-32-36-49(37-33-47)61(50-38-34-48(35-39-50)56-25-15-26-58-57-24-13-14-27-59(57)62-60(56)58)51-40-42-55(43-41-51)63(52-18-7-2-8-19-52,53-20-9-3-10-21-53)54-22-11-4-12-23-54/h1-43H. The summed E-state index contributed by atoms with van der Waals surface area (Å²) >= 11 is 0. The van der Waals surface area contributed by atoms with E-state index in [4.69, 9.17) is 4.42 Å². The van der Waals surface area contributed by atoms with Crippen molar-refractivity contribution in [2.75, 3.05) is 4.90 Å². The van der Waals surface area contributed by atoms with Gasteiger partial charge in [-0.05, 0) is 91.0 Å². The van der Waals surface area contributed by atoms with Gasteiger partial charge >= 0.3 is 0 Å². The van der Waals surface area contributed by atoms with Crippen LogP contribution in [-0.4, -0.2) is 8.07 Å². The molecule has 1 aromatic heterocycles. The van der Waals surface area contributed by atoms with Gasteiger partial charge in [-0.3, -0.25) is 0 Å². The Morgan fingerprint density at radius 2 is 0.635 bits per heavy atom. The van der Waals surface area contributed by atoms with Crippen molar-refractivity contribution in [2.24, 2.45) is 0 Å². The second-order valence-corrected chi connectivity index (χ2v) is 19.9. The molecule has 0 saturated carbocycles. The molecule has 0 atom stereocenters. The Balaban J connectivity index is 1.02. The zero-order valence-corrected chi connectivity index (χ0v) is 35.7. The Bertz CT molecular complexity index is 3180. The summed E-state index contributed by atoms with van der Waals surface area (Å²) in [5.74, 6) is 0. The van der Waals surface area contributed by atoms with Gasteiger partial charge in [0, 0.05) is 33.4 Å². The van der Waals surface area contributed by atoms with Crippen molar-refractivity contribution in [3.8, 4) is 33.4 Å². The molecule has 0 saturated heterocycles. The minimum atomic E-state index is -2.69. The van der Waals surface area contributed by atoms with Crippen molar-refractivity contribution < 1.29 is 4.42 Å². The van der Waals surface area contributed by atoms with Crippen molar-refractivity contribution in [2.45, 2.75) is 0 Å². The normalized spacial score (nSPS) is 11.5. The number of fused-ring (bicyclic) bond motifs is 3. The lowest BCUT2D eigenvalue weighted by molar-refractivity contribution is 0.670. The summed E-state index contributed by atoms with van der Waals surface area (Å²) in [5.41, 5.74) is 12.0. The molecule has 0 amide bonds. The second-order valence-electron chi connectivity index (χ2n) is 16.0. The SMILES string of the molecule is c1ccc(-c2ccc(-c3ccc(N(c4ccc(-c5cccc6c5oc5ccccc56)cc4)c4ccc([Si](c5ccccc5)(c5ccccc5)c5ccccc5)cc4)cc3)cc2)cc1. The summed E-state index contributed by atoms with van der Waals surface area (Å²) in [5, 5.41) is 7.66. The third kappa shape index (κ3) is 6.95. The minimum absolute atomic E-state index is 0.903. The average Bonchev–Trinajstić information content (AvgIpc) is 3.76. The second kappa shape index (κ2) is 16.5. The number of rotatable bonds is 10. The van der Waals surface area contributed by atoms with Gasteiger partial charge in [0.15, 0.2) is 8.07 Å². The van der Waals surface area contributed by atoms with Crippen LogP contribution in [-0.2, 0) is 0 Å². The smallest absolute Gasteiger partial charge is 0.179 e. The number of benzene rings is 10. The molecule has 0 spiro atoms. The molecule has 0 unspecified atom stereocenters. The van der Waals surface area contributed by atoms with Gasteiger partial charge in [0.25, 0.3) is 0 Å². The van der Waals surface area contributed by atoms with Crippen LogP contribution in [0.25, 0.3) is 55.3 Å². The zero-order valence-electron chi connectivity index (χ0n) is 34.7. The van der Waals surface area contributed by atoms with Crippen molar-refractivity contribution in [1.82, 2.24) is 0 Å². The Hall–Kier alpha value is -7.98. The minimum Gasteiger partial charge on any atom is -0.455 e. The van der Waals surface area contributed by atoms with E-state index in [9.17, 15) is 0 Å². The number of hydrogen-bond donors (Lipinski definition) is 0. The van der Waals surface area contributed by atoms with Crippen molar-refractivity contribution >= 4 is 67.8 Å². The first-order valence-electron chi connectivity index (χ1n) is 21.6. The summed E-state index contributed by atoms with van der Waals surface area (Å²) in [6, 6.07) is 94.7. The first-order valence-corrected chi connectivity index (χ1v) is 23.6. The van der Waals surface area contributed by atoms with Crippen LogP contribution in [0.2, 0.25) is 0 Å². The van der Waals surface area contributed by atoms with Crippen LogP contribution in [0.4, 0.5) is 17.1 Å². The average molecular weight is 822 g/mol. The molecule has 1 heterocycles. The highest BCUT2D eigenvalue weighted by molar-refractivity contribution is 7.19. The van der Waals surface area contributed by atoms with Gasteiger partial charge < -0.3 is 9.32 Å². The first kappa shape index (κ1) is 38.0. The topological polar surface area (TPSA) is 16.4 Å². The van der Waals surface area contributed by atoms with E-state index in [1.54, 1.807) is 0 Å². The number of furan rings is 1. The molecular weight excluding hydrogens is 779 g/mol. The Morgan fingerprint density at radius 1 is 0.270 bits per heavy atom. The zero-order chi connectivity index (χ0) is 42.0. The van der Waals surface area contributed by atoms with E-state index < -0.39 is 8.07 Å². The van der Waals surface area contributed by atoms with Gasteiger partial charge in [-0.15, -0.1) is 0 Å². The number of anilines is 3. The fourth-order valence-electron chi connectivity index (χ4n) is 9.43. The quantitative estimate of drug-likeness (QED) is 0.101. The molecule has 0 bridgehead atoms. The molecule has 3 heteroatoms. The van der Waals surface area contributed by atoms with Gasteiger partial charge in [-0.1, -0.05) is 218 Å². The highest BCUT2D eigenvalue weighted by atomic mass is 28.3. The molecule has 298 valence electrons. The van der Waals surface area contributed by atoms with E-state index in [2.05, 4.69) is 254 Å². The molecule has 10 aromatic carbocycles. The summed E-state index contributed by atoms with van der Waals surface area (Å²) in [6.07, 6.45) is 0. The monoisotopic (exact) mass is 821 g/mol. The molecule has 2 nitrogen and oxygen atoms in total. The molecule has 63 heavy (non-hydrogen) atoms. The number of hydrogen-bond acceptors (Lipinski definition) is 2. The molecule has 11 rings (SSSR count). The van der Waals surface area contributed by atoms with Crippen molar-refractivity contribution in [3.63, 3.8) is 0 Å². The molecule has 0 aliphatic carbocycles. The maximum atomic E-state index is 6.46. The Kier molecular flexibility index (Phi) is 9.93. The van der Waals surface area contributed by atoms with Gasteiger partial charge in [-0.2, -0.15) is 0 Å². The third-order valence-corrected chi connectivity index (χ3v) is 17.3. The Morgan fingerprint density at radius 3 is 1.14 bits per heavy atom. The predicted molar refractivity (Wildman–Crippen MR) is 268 cm³/mol. The van der Waals surface area contributed by atoms with E-state index in [0.717, 1.165) is 50.1 Å². The van der Waals surface area contributed by atoms with E-state index in [0.29, 0.717) is 0 Å². The van der Waals surface area contributed by atoms with E-state index in [-0.39, 0.29) is 0 Å². The Labute approximate surface area is 369 Å². The van der Waals surface area contributed by atoms with Gasteiger partial charge in [0.05, 0.1) is 0 Å². The highest BCUT2D eigenvalue weighted by Gasteiger charge is 2.41. The fraction of sp³-hybridized carbons (Fsp3) is 0. The molecule has 0 radical (unpaired) electrons. The lowest BCUT2D eigenvalue weighted by Crippen LogP contribution is -2.74. The molecule has 0 N–H and O–H groups in total. The fourth-order valence-corrected chi connectivity index (χ4v) is 14.2. The largest absolute Gasteiger partial charge is 0.455 e. The van der Waals surface area contributed by atoms with E-state index in [1.807, 2.05) is 12.1 Å². The first-order chi connectivity index (χ1) is 31.2.